The van der Waals surface area contributed by atoms with Crippen LogP contribution in [0.5, 0.6) is 0 Å². The standard InChI is InChI=1S/C17H31IN4O4/c1-10(2)14(17(26)20-8-6-7-19-13(23)9-18)22-16(25)12(5)21-15(24)11(3)4/h10-12,14H,6-9H2,1-5H3,(H,19,23)(H,20,26)(H,21,24)(H,22,25)/t12-,14-/m1/s1. The third kappa shape index (κ3) is 9.93. The van der Waals surface area contributed by atoms with Crippen LogP contribution in [-0.2, 0) is 19.2 Å². The summed E-state index contributed by atoms with van der Waals surface area (Å²) in [6.07, 6.45) is 0.605. The first-order valence-electron chi connectivity index (χ1n) is 8.81. The second-order valence-electron chi connectivity index (χ2n) is 6.74. The van der Waals surface area contributed by atoms with Crippen molar-refractivity contribution < 1.29 is 19.2 Å². The van der Waals surface area contributed by atoms with Gasteiger partial charge in [0, 0.05) is 19.0 Å². The Hall–Kier alpha value is -1.39. The largest absolute Gasteiger partial charge is 0.355 e. The Kier molecular flexibility index (Phi) is 12.2. The van der Waals surface area contributed by atoms with Gasteiger partial charge in [-0.05, 0) is 19.3 Å². The molecule has 0 aliphatic carbocycles. The highest BCUT2D eigenvalue weighted by Crippen LogP contribution is 2.03. The zero-order valence-corrected chi connectivity index (χ0v) is 18.3. The summed E-state index contributed by atoms with van der Waals surface area (Å²) in [7, 11) is 0. The molecule has 26 heavy (non-hydrogen) atoms. The topological polar surface area (TPSA) is 116 Å². The van der Waals surface area contributed by atoms with Crippen LogP contribution in [0.15, 0.2) is 0 Å². The van der Waals surface area contributed by atoms with Crippen LogP contribution < -0.4 is 21.3 Å². The average molecular weight is 482 g/mol. The Labute approximate surface area is 169 Å². The van der Waals surface area contributed by atoms with E-state index in [0.29, 0.717) is 23.9 Å². The Morgan fingerprint density at radius 2 is 1.38 bits per heavy atom. The molecule has 0 rings (SSSR count). The molecule has 4 N–H and O–H groups in total. The van der Waals surface area contributed by atoms with Crippen molar-refractivity contribution in [3.05, 3.63) is 0 Å². The van der Waals surface area contributed by atoms with Crippen LogP contribution in [0.4, 0.5) is 0 Å². The molecule has 0 saturated heterocycles. The first-order valence-corrected chi connectivity index (χ1v) is 10.3. The number of amides is 4. The van der Waals surface area contributed by atoms with E-state index in [1.165, 1.54) is 0 Å². The molecule has 2 atom stereocenters. The normalized spacial score (nSPS) is 13.1. The number of halogens is 1. The van der Waals surface area contributed by atoms with Crippen molar-refractivity contribution in [3.8, 4) is 0 Å². The van der Waals surface area contributed by atoms with Gasteiger partial charge in [-0.25, -0.2) is 0 Å². The fraction of sp³-hybridized carbons (Fsp3) is 0.765. The Bertz CT molecular complexity index is 497. The minimum absolute atomic E-state index is 0.0401. The van der Waals surface area contributed by atoms with Crippen LogP contribution in [0.2, 0.25) is 0 Å². The molecule has 9 heteroatoms. The number of hydrogen-bond acceptors (Lipinski definition) is 4. The lowest BCUT2D eigenvalue weighted by atomic mass is 10.0. The van der Waals surface area contributed by atoms with Crippen LogP contribution in [-0.4, -0.2) is 53.2 Å². The Balaban J connectivity index is 4.44. The maximum atomic E-state index is 12.3. The first-order chi connectivity index (χ1) is 12.1. The van der Waals surface area contributed by atoms with E-state index >= 15 is 0 Å². The van der Waals surface area contributed by atoms with E-state index in [9.17, 15) is 19.2 Å². The Morgan fingerprint density at radius 1 is 0.808 bits per heavy atom. The molecule has 0 saturated carbocycles. The summed E-state index contributed by atoms with van der Waals surface area (Å²) in [5.41, 5.74) is 0. The zero-order chi connectivity index (χ0) is 20.3. The van der Waals surface area contributed by atoms with Crippen molar-refractivity contribution >= 4 is 46.2 Å². The van der Waals surface area contributed by atoms with Crippen LogP contribution >= 0.6 is 22.6 Å². The second kappa shape index (κ2) is 12.9. The molecular formula is C17H31IN4O4. The van der Waals surface area contributed by atoms with Crippen molar-refractivity contribution in [2.75, 3.05) is 17.5 Å². The number of alkyl halides is 1. The number of hydrogen-bond donors (Lipinski definition) is 4. The van der Waals surface area contributed by atoms with Gasteiger partial charge in [-0.1, -0.05) is 50.3 Å². The molecule has 0 aromatic carbocycles. The van der Waals surface area contributed by atoms with Gasteiger partial charge in [0.15, 0.2) is 0 Å². The fourth-order valence-electron chi connectivity index (χ4n) is 1.94. The molecule has 0 aromatic rings. The van der Waals surface area contributed by atoms with Gasteiger partial charge in [-0.15, -0.1) is 0 Å². The summed E-state index contributed by atoms with van der Waals surface area (Å²) in [5, 5.41) is 10.8. The molecule has 150 valence electrons. The van der Waals surface area contributed by atoms with Crippen LogP contribution in [0.25, 0.3) is 0 Å². The van der Waals surface area contributed by atoms with Crippen LogP contribution in [0, 0.1) is 11.8 Å². The molecule has 0 spiro atoms. The van der Waals surface area contributed by atoms with Crippen molar-refractivity contribution in [2.45, 2.75) is 53.1 Å². The summed E-state index contributed by atoms with van der Waals surface area (Å²) in [6, 6.07) is -1.41. The van der Waals surface area contributed by atoms with Gasteiger partial charge in [0.2, 0.25) is 23.6 Å². The summed E-state index contributed by atoms with van der Waals surface area (Å²) in [4.78, 5) is 47.4. The highest BCUT2D eigenvalue weighted by Gasteiger charge is 2.26. The van der Waals surface area contributed by atoms with Gasteiger partial charge >= 0.3 is 0 Å². The van der Waals surface area contributed by atoms with E-state index in [1.807, 2.05) is 36.4 Å². The van der Waals surface area contributed by atoms with Crippen LogP contribution in [0.1, 0.15) is 41.0 Å². The SMILES string of the molecule is CC(C)C(=O)N[C@H](C)C(=O)N[C@@H](C(=O)NCCCNC(=O)CI)C(C)C. The molecule has 0 unspecified atom stereocenters. The van der Waals surface area contributed by atoms with E-state index in [4.69, 9.17) is 0 Å². The lowest BCUT2D eigenvalue weighted by molar-refractivity contribution is -0.133. The fourth-order valence-corrected chi connectivity index (χ4v) is 2.21. The molecule has 8 nitrogen and oxygen atoms in total. The number of carbonyl (C=O) groups excluding carboxylic acids is 4. The molecule has 0 aromatic heterocycles. The van der Waals surface area contributed by atoms with E-state index < -0.39 is 18.0 Å². The van der Waals surface area contributed by atoms with Gasteiger partial charge in [-0.3, -0.25) is 19.2 Å². The van der Waals surface area contributed by atoms with Crippen molar-refractivity contribution in [2.24, 2.45) is 11.8 Å². The van der Waals surface area contributed by atoms with E-state index in [-0.39, 0.29) is 29.6 Å². The van der Waals surface area contributed by atoms with Gasteiger partial charge < -0.3 is 21.3 Å². The monoisotopic (exact) mass is 482 g/mol. The molecule has 0 aliphatic heterocycles. The summed E-state index contributed by atoms with van der Waals surface area (Å²) in [6.45, 7) is 9.63. The smallest absolute Gasteiger partial charge is 0.242 e. The molecule has 4 amide bonds. The maximum Gasteiger partial charge on any atom is 0.242 e. The van der Waals surface area contributed by atoms with Gasteiger partial charge in [0.05, 0.1) is 4.43 Å². The number of nitrogens with one attached hydrogen (secondary N) is 4. The van der Waals surface area contributed by atoms with Crippen molar-refractivity contribution in [1.29, 1.82) is 0 Å². The lowest BCUT2D eigenvalue weighted by Crippen LogP contribution is -2.55. The molecule has 0 bridgehead atoms. The maximum absolute atomic E-state index is 12.3. The number of rotatable bonds is 11. The molecule has 0 radical (unpaired) electrons. The first kappa shape index (κ1) is 24.6. The molecule has 0 heterocycles. The van der Waals surface area contributed by atoms with Crippen LogP contribution in [0.3, 0.4) is 0 Å². The second-order valence-corrected chi connectivity index (χ2v) is 7.51. The van der Waals surface area contributed by atoms with Gasteiger partial charge in [-0.2, -0.15) is 0 Å². The molecule has 0 aliphatic rings. The molecular weight excluding hydrogens is 451 g/mol. The van der Waals surface area contributed by atoms with E-state index in [2.05, 4.69) is 21.3 Å². The molecule has 0 fully saturated rings. The minimum atomic E-state index is -0.720. The lowest BCUT2D eigenvalue weighted by Gasteiger charge is -2.24. The summed E-state index contributed by atoms with van der Waals surface area (Å²) in [5.74, 6) is -1.26. The van der Waals surface area contributed by atoms with Crippen molar-refractivity contribution in [1.82, 2.24) is 21.3 Å². The minimum Gasteiger partial charge on any atom is -0.355 e. The predicted molar refractivity (Wildman–Crippen MR) is 109 cm³/mol. The van der Waals surface area contributed by atoms with E-state index in [0.717, 1.165) is 0 Å². The highest BCUT2D eigenvalue weighted by atomic mass is 127. The van der Waals surface area contributed by atoms with Gasteiger partial charge in [0.25, 0.3) is 0 Å². The summed E-state index contributed by atoms with van der Waals surface area (Å²) < 4.78 is 0.400. The summed E-state index contributed by atoms with van der Waals surface area (Å²) >= 11 is 1.98. The quantitative estimate of drug-likeness (QED) is 0.193. The van der Waals surface area contributed by atoms with E-state index in [1.54, 1.807) is 20.8 Å². The highest BCUT2D eigenvalue weighted by molar-refractivity contribution is 14.1. The predicted octanol–water partition coefficient (Wildman–Crippen LogP) is 0.345. The Morgan fingerprint density at radius 3 is 1.88 bits per heavy atom. The third-order valence-electron chi connectivity index (χ3n) is 3.62. The zero-order valence-electron chi connectivity index (χ0n) is 16.1. The number of carbonyl (C=O) groups is 4. The average Bonchev–Trinajstić information content (AvgIpc) is 2.57. The van der Waals surface area contributed by atoms with Crippen molar-refractivity contribution in [3.63, 3.8) is 0 Å². The third-order valence-corrected chi connectivity index (χ3v) is 4.31. The van der Waals surface area contributed by atoms with Gasteiger partial charge in [0.1, 0.15) is 12.1 Å².